The Labute approximate surface area is 109 Å². The van der Waals surface area contributed by atoms with Crippen molar-refractivity contribution < 1.29 is 14.3 Å². The first-order chi connectivity index (χ1) is 8.50. The summed E-state index contributed by atoms with van der Waals surface area (Å²) in [5, 5.41) is 9.02. The van der Waals surface area contributed by atoms with E-state index in [4.69, 9.17) is 16.7 Å². The predicted molar refractivity (Wildman–Crippen MR) is 68.5 cm³/mol. The van der Waals surface area contributed by atoms with Crippen molar-refractivity contribution in [3.8, 4) is 11.1 Å². The summed E-state index contributed by atoms with van der Waals surface area (Å²) in [6, 6.07) is 9.33. The van der Waals surface area contributed by atoms with E-state index >= 15 is 0 Å². The van der Waals surface area contributed by atoms with E-state index in [1.807, 2.05) is 0 Å². The molecule has 0 spiro atoms. The van der Waals surface area contributed by atoms with Gasteiger partial charge in [0.25, 0.3) is 0 Å². The molecule has 18 heavy (non-hydrogen) atoms. The highest BCUT2D eigenvalue weighted by atomic mass is 35.5. The fourth-order valence-corrected chi connectivity index (χ4v) is 2.04. The average Bonchev–Trinajstić information content (AvgIpc) is 2.32. The molecule has 92 valence electrons. The Hall–Kier alpha value is -1.87. The number of carbonyl (C=O) groups is 1. The molecule has 0 saturated heterocycles. The lowest BCUT2D eigenvalue weighted by molar-refractivity contribution is 0.0697. The Morgan fingerprint density at radius 1 is 1.28 bits per heavy atom. The molecule has 0 radical (unpaired) electrons. The van der Waals surface area contributed by atoms with Gasteiger partial charge < -0.3 is 5.11 Å². The van der Waals surface area contributed by atoms with Crippen LogP contribution in [0.5, 0.6) is 0 Å². The lowest BCUT2D eigenvalue weighted by Gasteiger charge is -2.08. The van der Waals surface area contributed by atoms with Gasteiger partial charge in [-0.15, -0.1) is 0 Å². The van der Waals surface area contributed by atoms with Crippen LogP contribution in [0.4, 0.5) is 4.39 Å². The molecule has 2 nitrogen and oxygen atoms in total. The van der Waals surface area contributed by atoms with Crippen molar-refractivity contribution in [2.45, 2.75) is 6.92 Å². The molecule has 2 aromatic carbocycles. The summed E-state index contributed by atoms with van der Waals surface area (Å²) in [5.74, 6) is -1.38. The first-order valence-electron chi connectivity index (χ1n) is 5.29. The van der Waals surface area contributed by atoms with E-state index in [1.54, 1.807) is 25.1 Å². The highest BCUT2D eigenvalue weighted by Gasteiger charge is 2.11. The van der Waals surface area contributed by atoms with E-state index < -0.39 is 5.97 Å². The van der Waals surface area contributed by atoms with Gasteiger partial charge in [0, 0.05) is 0 Å². The third-order valence-corrected chi connectivity index (χ3v) is 3.09. The van der Waals surface area contributed by atoms with E-state index in [2.05, 4.69) is 0 Å². The lowest BCUT2D eigenvalue weighted by Crippen LogP contribution is -1.97. The van der Waals surface area contributed by atoms with Gasteiger partial charge in [-0.25, -0.2) is 9.18 Å². The maximum Gasteiger partial charge on any atom is 0.337 e. The highest BCUT2D eigenvalue weighted by molar-refractivity contribution is 6.33. The third-order valence-electron chi connectivity index (χ3n) is 2.78. The first-order valence-corrected chi connectivity index (χ1v) is 5.67. The predicted octanol–water partition coefficient (Wildman–Crippen LogP) is 4.15. The minimum absolute atomic E-state index is 0.0365. The Morgan fingerprint density at radius 3 is 2.61 bits per heavy atom. The topological polar surface area (TPSA) is 37.3 Å². The summed E-state index contributed by atoms with van der Waals surface area (Å²) in [6.45, 7) is 1.67. The van der Waals surface area contributed by atoms with Crippen molar-refractivity contribution >= 4 is 17.6 Å². The maximum atomic E-state index is 13.4. The molecule has 0 amide bonds. The van der Waals surface area contributed by atoms with Crippen LogP contribution >= 0.6 is 11.6 Å². The Bertz CT molecular complexity index is 623. The molecule has 4 heteroatoms. The number of hydrogen-bond donors (Lipinski definition) is 1. The molecule has 0 atom stereocenters. The zero-order valence-corrected chi connectivity index (χ0v) is 10.3. The molecule has 0 aliphatic carbocycles. The first kappa shape index (κ1) is 12.6. The molecule has 0 saturated carbocycles. The summed E-state index contributed by atoms with van der Waals surface area (Å²) in [4.78, 5) is 10.8. The number of rotatable bonds is 2. The zero-order chi connectivity index (χ0) is 13.3. The van der Waals surface area contributed by atoms with E-state index in [9.17, 15) is 9.18 Å². The number of benzene rings is 2. The van der Waals surface area contributed by atoms with Crippen molar-refractivity contribution in [3.05, 3.63) is 58.4 Å². The largest absolute Gasteiger partial charge is 0.478 e. The van der Waals surface area contributed by atoms with Crippen molar-refractivity contribution in [3.63, 3.8) is 0 Å². The minimum atomic E-state index is -1.08. The van der Waals surface area contributed by atoms with Gasteiger partial charge in [-0.1, -0.05) is 29.8 Å². The molecule has 0 bridgehead atoms. The second-order valence-corrected chi connectivity index (χ2v) is 4.32. The molecular formula is C14H10ClFO2. The van der Waals surface area contributed by atoms with E-state index in [0.29, 0.717) is 16.7 Å². The third kappa shape index (κ3) is 2.22. The summed E-state index contributed by atoms with van der Waals surface area (Å²) >= 11 is 5.89. The molecule has 0 unspecified atom stereocenters. The van der Waals surface area contributed by atoms with Crippen molar-refractivity contribution in [1.29, 1.82) is 0 Å². The van der Waals surface area contributed by atoms with Crippen LogP contribution in [-0.2, 0) is 0 Å². The van der Waals surface area contributed by atoms with Crippen molar-refractivity contribution in [2.24, 2.45) is 0 Å². The summed E-state index contributed by atoms with van der Waals surface area (Å²) in [5.41, 5.74) is 1.95. The summed E-state index contributed by atoms with van der Waals surface area (Å²) in [6.07, 6.45) is 0. The minimum Gasteiger partial charge on any atom is -0.478 e. The highest BCUT2D eigenvalue weighted by Crippen LogP contribution is 2.29. The molecule has 0 aliphatic rings. The van der Waals surface area contributed by atoms with Gasteiger partial charge in [0.15, 0.2) is 0 Å². The molecule has 2 rings (SSSR count). The second kappa shape index (κ2) is 4.78. The number of halogens is 2. The average molecular weight is 265 g/mol. The number of aromatic carboxylic acids is 1. The monoisotopic (exact) mass is 264 g/mol. The quantitative estimate of drug-likeness (QED) is 0.885. The van der Waals surface area contributed by atoms with Gasteiger partial charge in [-0.3, -0.25) is 0 Å². The zero-order valence-electron chi connectivity index (χ0n) is 9.58. The number of carboxylic acid groups (broad SMARTS) is 1. The normalized spacial score (nSPS) is 10.4. The molecule has 0 aliphatic heterocycles. The summed E-state index contributed by atoms with van der Waals surface area (Å²) < 4.78 is 13.4. The lowest BCUT2D eigenvalue weighted by atomic mass is 9.99. The molecular weight excluding hydrogens is 255 g/mol. The molecule has 0 heterocycles. The Kier molecular flexibility index (Phi) is 3.34. The fraction of sp³-hybridized carbons (Fsp3) is 0.0714. The van der Waals surface area contributed by atoms with Crippen LogP contribution in [-0.4, -0.2) is 11.1 Å². The SMILES string of the molecule is Cc1c(F)cccc1-c1ccc(C(=O)O)c(Cl)c1. The van der Waals surface area contributed by atoms with Crippen LogP contribution in [0.3, 0.4) is 0 Å². The van der Waals surface area contributed by atoms with Crippen LogP contribution in [0.15, 0.2) is 36.4 Å². The van der Waals surface area contributed by atoms with E-state index in [0.717, 1.165) is 0 Å². The molecule has 0 fully saturated rings. The second-order valence-electron chi connectivity index (χ2n) is 3.91. The van der Waals surface area contributed by atoms with Gasteiger partial charge >= 0.3 is 5.97 Å². The van der Waals surface area contributed by atoms with Crippen molar-refractivity contribution in [2.75, 3.05) is 0 Å². The fourth-order valence-electron chi connectivity index (χ4n) is 1.78. The molecule has 0 aromatic heterocycles. The van der Waals surface area contributed by atoms with E-state index in [1.165, 1.54) is 18.2 Å². The Balaban J connectivity index is 2.56. The number of hydrogen-bond acceptors (Lipinski definition) is 1. The molecule has 2 aromatic rings. The number of carboxylic acids is 1. The van der Waals surface area contributed by atoms with Gasteiger partial charge in [-0.2, -0.15) is 0 Å². The Morgan fingerprint density at radius 2 is 2.00 bits per heavy atom. The summed E-state index contributed by atoms with van der Waals surface area (Å²) in [7, 11) is 0. The smallest absolute Gasteiger partial charge is 0.337 e. The van der Waals surface area contributed by atoms with Gasteiger partial charge in [0.05, 0.1) is 10.6 Å². The maximum absolute atomic E-state index is 13.4. The van der Waals surface area contributed by atoms with Crippen LogP contribution in [0.2, 0.25) is 5.02 Å². The van der Waals surface area contributed by atoms with Crippen LogP contribution < -0.4 is 0 Å². The van der Waals surface area contributed by atoms with Crippen LogP contribution in [0, 0.1) is 12.7 Å². The standard InChI is InChI=1S/C14H10ClFO2/c1-8-10(3-2-4-13(8)16)9-5-6-11(14(17)18)12(15)7-9/h2-7H,1H3,(H,17,18). The van der Waals surface area contributed by atoms with E-state index in [-0.39, 0.29) is 16.4 Å². The van der Waals surface area contributed by atoms with Gasteiger partial charge in [0.2, 0.25) is 0 Å². The van der Waals surface area contributed by atoms with Crippen LogP contribution in [0.25, 0.3) is 11.1 Å². The van der Waals surface area contributed by atoms with Gasteiger partial charge in [0.1, 0.15) is 5.82 Å². The van der Waals surface area contributed by atoms with Crippen molar-refractivity contribution in [1.82, 2.24) is 0 Å². The molecule has 1 N–H and O–H groups in total. The van der Waals surface area contributed by atoms with Gasteiger partial charge in [-0.05, 0) is 41.8 Å². The van der Waals surface area contributed by atoms with Crippen LogP contribution in [0.1, 0.15) is 15.9 Å².